The lowest BCUT2D eigenvalue weighted by Gasteiger charge is -2.45. The maximum absolute atomic E-state index is 11.7. The van der Waals surface area contributed by atoms with Gasteiger partial charge in [-0.05, 0) is 64.9 Å². The van der Waals surface area contributed by atoms with Crippen molar-refractivity contribution in [3.8, 4) is 5.75 Å². The normalized spacial score (nSPS) is 28.0. The van der Waals surface area contributed by atoms with Crippen LogP contribution in [-0.2, 0) is 0 Å². The van der Waals surface area contributed by atoms with Crippen molar-refractivity contribution in [3.63, 3.8) is 0 Å². The molecule has 1 saturated heterocycles. The number of rotatable bonds is 2. The van der Waals surface area contributed by atoms with Crippen molar-refractivity contribution in [2.45, 2.75) is 51.4 Å². The van der Waals surface area contributed by atoms with Crippen molar-refractivity contribution in [1.82, 2.24) is 4.90 Å². The average molecular weight is 289 g/mol. The number of likely N-dealkylation sites (tertiary alicyclic amines) is 1. The first-order chi connectivity index (χ1) is 9.90. The number of benzene rings is 1. The number of ketones is 1. The molecule has 0 aromatic heterocycles. The summed E-state index contributed by atoms with van der Waals surface area (Å²) in [7, 11) is 0. The summed E-state index contributed by atoms with van der Waals surface area (Å²) in [6, 6.07) is 5.46. The van der Waals surface area contributed by atoms with Gasteiger partial charge in [0.25, 0.3) is 0 Å². The molecule has 0 radical (unpaired) electrons. The quantitative estimate of drug-likeness (QED) is 0.850. The van der Waals surface area contributed by atoms with Crippen LogP contribution in [0.5, 0.6) is 5.75 Å². The Morgan fingerprint density at radius 3 is 2.62 bits per heavy atom. The Labute approximate surface area is 125 Å². The monoisotopic (exact) mass is 289 g/mol. The second-order valence-electron chi connectivity index (χ2n) is 6.65. The zero-order valence-electron chi connectivity index (χ0n) is 12.9. The van der Waals surface area contributed by atoms with E-state index in [1.807, 2.05) is 26.0 Å². The maximum atomic E-state index is 11.7. The fourth-order valence-electron chi connectivity index (χ4n) is 3.40. The highest BCUT2D eigenvalue weighted by atomic mass is 16.5. The van der Waals surface area contributed by atoms with Crippen LogP contribution in [0.2, 0.25) is 0 Å². The van der Waals surface area contributed by atoms with E-state index < -0.39 is 11.7 Å². The standard InChI is InChI=1S/C17H23NO3/c1-11(19)12-6-7-14-13(10-12)15(18-8-4-5-9-18)16(20)17(2,3)21-14/h6-7,10,15-16,20H,4-5,8-9H2,1-3H3/t15-,16+/m0/s1. The first-order valence-electron chi connectivity index (χ1n) is 7.66. The van der Waals surface area contributed by atoms with Crippen LogP contribution in [0.4, 0.5) is 0 Å². The Kier molecular flexibility index (Phi) is 3.54. The summed E-state index contributed by atoms with van der Waals surface area (Å²) in [6.07, 6.45) is 1.71. The van der Waals surface area contributed by atoms with Gasteiger partial charge in [-0.15, -0.1) is 0 Å². The van der Waals surface area contributed by atoms with Crippen LogP contribution in [0, 0.1) is 0 Å². The Balaban J connectivity index is 2.08. The third-order valence-electron chi connectivity index (χ3n) is 4.65. The molecule has 0 unspecified atom stereocenters. The topological polar surface area (TPSA) is 49.8 Å². The van der Waals surface area contributed by atoms with Crippen molar-refractivity contribution in [2.24, 2.45) is 0 Å². The van der Waals surface area contributed by atoms with Crippen molar-refractivity contribution in [2.75, 3.05) is 13.1 Å². The van der Waals surface area contributed by atoms with E-state index in [1.54, 1.807) is 13.0 Å². The smallest absolute Gasteiger partial charge is 0.159 e. The van der Waals surface area contributed by atoms with Gasteiger partial charge in [-0.2, -0.15) is 0 Å². The zero-order chi connectivity index (χ0) is 15.2. The second-order valence-corrected chi connectivity index (χ2v) is 6.65. The van der Waals surface area contributed by atoms with E-state index in [0.29, 0.717) is 5.56 Å². The molecular formula is C17H23NO3. The predicted molar refractivity (Wildman–Crippen MR) is 80.7 cm³/mol. The Morgan fingerprint density at radius 1 is 1.33 bits per heavy atom. The molecule has 3 rings (SSSR count). The lowest BCUT2D eigenvalue weighted by molar-refractivity contribution is -0.0895. The number of aliphatic hydroxyl groups excluding tert-OH is 1. The van der Waals surface area contributed by atoms with E-state index in [4.69, 9.17) is 4.74 Å². The Bertz CT molecular complexity index is 561. The molecule has 1 aromatic rings. The van der Waals surface area contributed by atoms with E-state index in [0.717, 1.165) is 37.2 Å². The van der Waals surface area contributed by atoms with Crippen LogP contribution >= 0.6 is 0 Å². The second kappa shape index (κ2) is 5.11. The number of Topliss-reactive ketones (excluding diaryl/α,β-unsaturated/α-hetero) is 1. The Hall–Kier alpha value is -1.39. The minimum atomic E-state index is -0.627. The number of carbonyl (C=O) groups is 1. The highest BCUT2D eigenvalue weighted by Gasteiger charge is 2.45. The molecular weight excluding hydrogens is 266 g/mol. The fourth-order valence-corrected chi connectivity index (χ4v) is 3.40. The van der Waals surface area contributed by atoms with Gasteiger partial charge in [0.05, 0.1) is 6.04 Å². The summed E-state index contributed by atoms with van der Waals surface area (Å²) in [5.74, 6) is 0.824. The minimum absolute atomic E-state index is 0.0392. The van der Waals surface area contributed by atoms with Gasteiger partial charge in [0.1, 0.15) is 17.5 Å². The molecule has 2 atom stereocenters. The molecule has 21 heavy (non-hydrogen) atoms. The van der Waals surface area contributed by atoms with E-state index >= 15 is 0 Å². The highest BCUT2D eigenvalue weighted by Crippen LogP contribution is 2.44. The molecule has 2 heterocycles. The summed E-state index contributed by atoms with van der Waals surface area (Å²) >= 11 is 0. The van der Waals surface area contributed by atoms with Gasteiger partial charge in [-0.3, -0.25) is 9.69 Å². The zero-order valence-corrected chi connectivity index (χ0v) is 12.9. The van der Waals surface area contributed by atoms with Gasteiger partial charge in [-0.1, -0.05) is 0 Å². The molecule has 4 nitrogen and oxygen atoms in total. The van der Waals surface area contributed by atoms with Gasteiger partial charge >= 0.3 is 0 Å². The minimum Gasteiger partial charge on any atom is -0.485 e. The number of carbonyl (C=O) groups excluding carboxylic acids is 1. The summed E-state index contributed by atoms with van der Waals surface area (Å²) in [4.78, 5) is 14.0. The SMILES string of the molecule is CC(=O)c1ccc2c(c1)[C@H](N1CCCC1)[C@@H](O)C(C)(C)O2. The van der Waals surface area contributed by atoms with Crippen molar-refractivity contribution >= 4 is 5.78 Å². The number of hydrogen-bond donors (Lipinski definition) is 1. The van der Waals surface area contributed by atoms with Crippen molar-refractivity contribution in [3.05, 3.63) is 29.3 Å². The summed E-state index contributed by atoms with van der Waals surface area (Å²) in [5, 5.41) is 10.8. The molecule has 114 valence electrons. The van der Waals surface area contributed by atoms with Crippen LogP contribution in [0.15, 0.2) is 18.2 Å². The summed E-state index contributed by atoms with van der Waals surface area (Å²) < 4.78 is 5.97. The lowest BCUT2D eigenvalue weighted by atomic mass is 9.85. The van der Waals surface area contributed by atoms with Crippen LogP contribution < -0.4 is 4.74 Å². The molecule has 0 amide bonds. The molecule has 2 aliphatic heterocycles. The van der Waals surface area contributed by atoms with E-state index in [2.05, 4.69) is 4.90 Å². The van der Waals surface area contributed by atoms with Crippen LogP contribution in [-0.4, -0.2) is 40.6 Å². The molecule has 0 saturated carbocycles. The van der Waals surface area contributed by atoms with Gasteiger partial charge in [0.2, 0.25) is 0 Å². The molecule has 4 heteroatoms. The number of ether oxygens (including phenoxy) is 1. The molecule has 2 aliphatic rings. The number of aliphatic hydroxyl groups is 1. The molecule has 0 spiro atoms. The van der Waals surface area contributed by atoms with Gasteiger partial charge in [0, 0.05) is 11.1 Å². The first kappa shape index (κ1) is 14.5. The van der Waals surface area contributed by atoms with Crippen LogP contribution in [0.1, 0.15) is 55.6 Å². The third-order valence-corrected chi connectivity index (χ3v) is 4.65. The number of nitrogens with zero attached hydrogens (tertiary/aromatic N) is 1. The maximum Gasteiger partial charge on any atom is 0.159 e. The van der Waals surface area contributed by atoms with Gasteiger partial charge < -0.3 is 9.84 Å². The Morgan fingerprint density at radius 2 is 2.00 bits per heavy atom. The van der Waals surface area contributed by atoms with E-state index in [-0.39, 0.29) is 11.8 Å². The summed E-state index contributed by atoms with van der Waals surface area (Å²) in [5.41, 5.74) is 0.989. The first-order valence-corrected chi connectivity index (χ1v) is 7.66. The van der Waals surface area contributed by atoms with Crippen molar-refractivity contribution < 1.29 is 14.6 Å². The highest BCUT2D eigenvalue weighted by molar-refractivity contribution is 5.94. The summed E-state index contributed by atoms with van der Waals surface area (Å²) in [6.45, 7) is 7.38. The van der Waals surface area contributed by atoms with Crippen LogP contribution in [0.3, 0.4) is 0 Å². The van der Waals surface area contributed by atoms with E-state index in [1.165, 1.54) is 0 Å². The average Bonchev–Trinajstić information content (AvgIpc) is 2.93. The molecule has 0 bridgehead atoms. The molecule has 1 aromatic carbocycles. The number of fused-ring (bicyclic) bond motifs is 1. The molecule has 0 aliphatic carbocycles. The van der Waals surface area contributed by atoms with Gasteiger partial charge in [0.15, 0.2) is 5.78 Å². The predicted octanol–water partition coefficient (Wildman–Crippen LogP) is 2.56. The van der Waals surface area contributed by atoms with E-state index in [9.17, 15) is 9.90 Å². The van der Waals surface area contributed by atoms with Crippen molar-refractivity contribution in [1.29, 1.82) is 0 Å². The molecule has 1 fully saturated rings. The number of hydrogen-bond acceptors (Lipinski definition) is 4. The molecule has 1 N–H and O–H groups in total. The lowest BCUT2D eigenvalue weighted by Crippen LogP contribution is -2.53. The van der Waals surface area contributed by atoms with Gasteiger partial charge in [-0.25, -0.2) is 0 Å². The largest absolute Gasteiger partial charge is 0.485 e. The van der Waals surface area contributed by atoms with Crippen LogP contribution in [0.25, 0.3) is 0 Å². The fraction of sp³-hybridized carbons (Fsp3) is 0.588. The third kappa shape index (κ3) is 2.47.